The van der Waals surface area contributed by atoms with E-state index >= 15 is 0 Å². The van der Waals surface area contributed by atoms with Gasteiger partial charge in [-0.1, -0.05) is 32.9 Å². The zero-order chi connectivity index (χ0) is 26.9. The Morgan fingerprint density at radius 3 is 2.43 bits per heavy atom. The van der Waals surface area contributed by atoms with E-state index in [-0.39, 0.29) is 29.6 Å². The number of hydrogen-bond acceptors (Lipinski definition) is 8. The lowest BCUT2D eigenvalue weighted by molar-refractivity contribution is -0.304. The first-order chi connectivity index (χ1) is 17.2. The minimum Gasteiger partial charge on any atom is -0.468 e. The molecule has 8 heteroatoms. The highest BCUT2D eigenvalue weighted by molar-refractivity contribution is 6.03. The number of hydrogen-bond donors (Lipinski definition) is 1. The van der Waals surface area contributed by atoms with Crippen molar-refractivity contribution in [2.24, 2.45) is 39.9 Å². The Bertz CT molecular complexity index is 1160. The van der Waals surface area contributed by atoms with Crippen LogP contribution < -0.4 is 0 Å². The first-order valence-electron chi connectivity index (χ1n) is 13.5. The zero-order valence-electron chi connectivity index (χ0n) is 22.8. The molecule has 8 nitrogen and oxygen atoms in total. The predicted molar refractivity (Wildman–Crippen MR) is 131 cm³/mol. The molecule has 8 atom stereocenters. The smallest absolute Gasteiger partial charge is 0.324 e. The van der Waals surface area contributed by atoms with E-state index in [1.54, 1.807) is 20.8 Å². The minimum absolute atomic E-state index is 0.0168. The van der Waals surface area contributed by atoms with Crippen molar-refractivity contribution in [1.29, 1.82) is 0 Å². The summed E-state index contributed by atoms with van der Waals surface area (Å²) in [4.78, 5) is 40.6. The Labute approximate surface area is 217 Å². The number of esters is 2. The van der Waals surface area contributed by atoms with Crippen molar-refractivity contribution < 1.29 is 38.4 Å². The number of Topliss-reactive ketones (excluding diaryl/α,β-unsaturated/α-hetero) is 1. The molecule has 1 N–H and O–H groups in total. The van der Waals surface area contributed by atoms with E-state index in [4.69, 9.17) is 18.9 Å². The number of methoxy groups -OCH3 is 1. The van der Waals surface area contributed by atoms with Crippen LogP contribution in [0.25, 0.3) is 0 Å². The summed E-state index contributed by atoms with van der Waals surface area (Å²) in [5, 5.41) is 13.0. The topological polar surface area (TPSA) is 108 Å². The molecule has 2 bridgehead atoms. The lowest BCUT2D eigenvalue weighted by Crippen LogP contribution is -2.68. The van der Waals surface area contributed by atoms with Crippen molar-refractivity contribution in [3.8, 4) is 0 Å². The van der Waals surface area contributed by atoms with Crippen molar-refractivity contribution in [1.82, 2.24) is 0 Å². The fourth-order valence-corrected chi connectivity index (χ4v) is 8.33. The van der Waals surface area contributed by atoms with Gasteiger partial charge in [0.25, 0.3) is 0 Å². The molecule has 0 radical (unpaired) electrons. The van der Waals surface area contributed by atoms with Gasteiger partial charge in [0.15, 0.2) is 28.7 Å². The monoisotopic (exact) mass is 514 g/mol. The third-order valence-corrected chi connectivity index (χ3v) is 10.6. The quantitative estimate of drug-likeness (QED) is 0.348. The summed E-state index contributed by atoms with van der Waals surface area (Å²) < 4.78 is 23.4. The first kappa shape index (κ1) is 25.3. The van der Waals surface area contributed by atoms with Gasteiger partial charge in [-0.15, -0.1) is 0 Å². The van der Waals surface area contributed by atoms with Crippen LogP contribution in [-0.4, -0.2) is 60.1 Å². The molecule has 3 saturated carbocycles. The van der Waals surface area contributed by atoms with Crippen LogP contribution in [-0.2, 0) is 33.3 Å². The Morgan fingerprint density at radius 2 is 1.81 bits per heavy atom. The highest BCUT2D eigenvalue weighted by Crippen LogP contribution is 2.72. The van der Waals surface area contributed by atoms with Crippen molar-refractivity contribution in [3.63, 3.8) is 0 Å². The highest BCUT2D eigenvalue weighted by atomic mass is 16.7. The van der Waals surface area contributed by atoms with Crippen LogP contribution in [0.5, 0.6) is 0 Å². The molecule has 6 aliphatic rings. The van der Waals surface area contributed by atoms with Crippen LogP contribution in [0.15, 0.2) is 23.3 Å². The summed E-state index contributed by atoms with van der Waals surface area (Å²) in [6.45, 7) is 12.0. The standard InChI is InChI=1S/C29H38O8/c1-14-12-28-15(2)10-18-19(25(18,3)4)17(20(28)30)11-16-13-35-26(5,6)37-22(16)29(28,33)21(14)36-24(32)27(8-9-27)23(31)34-7/h11-12,15,17-19,21-22,33H,8-10,13H2,1-7H3/t15-,17?,18?,19?,21?,22?,28?,29?/m1/s1. The van der Waals surface area contributed by atoms with E-state index in [0.29, 0.717) is 29.9 Å². The van der Waals surface area contributed by atoms with Crippen molar-refractivity contribution >= 4 is 17.7 Å². The maximum atomic E-state index is 14.7. The summed E-state index contributed by atoms with van der Waals surface area (Å²) >= 11 is 0. The Hall–Kier alpha value is -2.03. The maximum Gasteiger partial charge on any atom is 0.324 e. The van der Waals surface area contributed by atoms with E-state index in [1.165, 1.54) is 7.11 Å². The summed E-state index contributed by atoms with van der Waals surface area (Å²) in [7, 11) is 1.25. The van der Waals surface area contributed by atoms with Crippen LogP contribution in [0.4, 0.5) is 0 Å². The number of aliphatic hydroxyl groups is 1. The van der Waals surface area contributed by atoms with Crippen molar-refractivity contribution in [2.45, 2.75) is 84.4 Å². The van der Waals surface area contributed by atoms with Crippen molar-refractivity contribution in [2.75, 3.05) is 13.7 Å². The Morgan fingerprint density at radius 1 is 1.14 bits per heavy atom. The molecule has 202 valence electrons. The number of rotatable bonds is 3. The normalized spacial score (nSPS) is 45.6. The molecule has 0 aromatic heterocycles. The van der Waals surface area contributed by atoms with Gasteiger partial charge in [-0.3, -0.25) is 14.4 Å². The number of carbonyl (C=O) groups excluding carboxylic acids is 3. The Balaban J connectivity index is 1.51. The number of fused-ring (bicyclic) bond motifs is 5. The molecule has 0 aromatic rings. The molecule has 1 aliphatic heterocycles. The van der Waals surface area contributed by atoms with Gasteiger partial charge < -0.3 is 24.1 Å². The summed E-state index contributed by atoms with van der Waals surface area (Å²) in [5.41, 5.74) is -3.24. The van der Waals surface area contributed by atoms with E-state index in [2.05, 4.69) is 13.8 Å². The molecule has 4 fully saturated rings. The van der Waals surface area contributed by atoms with Gasteiger partial charge in [0.05, 0.1) is 19.1 Å². The maximum absolute atomic E-state index is 14.7. The van der Waals surface area contributed by atoms with Crippen LogP contribution in [0.1, 0.15) is 60.8 Å². The molecular weight excluding hydrogens is 476 g/mol. The third kappa shape index (κ3) is 2.98. The molecule has 7 unspecified atom stereocenters. The molecule has 1 saturated heterocycles. The molecule has 37 heavy (non-hydrogen) atoms. The SMILES string of the molecule is COC(=O)C1(C(=O)OC2C(C)=CC34C(=O)C(C=C5COC(C)(C)OC5C23O)C2C(C[C@H]4C)C2(C)C)CC1. The molecule has 0 amide bonds. The number of carbonyl (C=O) groups is 3. The molecule has 5 aliphatic carbocycles. The highest BCUT2D eigenvalue weighted by Gasteiger charge is 2.77. The molecule has 1 heterocycles. The average Bonchev–Trinajstić information content (AvgIpc) is 3.72. The zero-order valence-corrected chi connectivity index (χ0v) is 22.8. The van der Waals surface area contributed by atoms with Gasteiger partial charge in [0.1, 0.15) is 6.10 Å². The fourth-order valence-electron chi connectivity index (χ4n) is 8.33. The molecule has 6 rings (SSSR count). The second-order valence-corrected chi connectivity index (χ2v) is 13.4. The van der Waals surface area contributed by atoms with Crippen LogP contribution in [0, 0.1) is 39.9 Å². The van der Waals surface area contributed by atoms with Crippen LogP contribution in [0.2, 0.25) is 0 Å². The second-order valence-electron chi connectivity index (χ2n) is 13.4. The first-order valence-corrected chi connectivity index (χ1v) is 13.5. The molecule has 0 aromatic carbocycles. The second kappa shape index (κ2) is 7.33. The van der Waals surface area contributed by atoms with Crippen molar-refractivity contribution in [3.05, 3.63) is 23.3 Å². The third-order valence-electron chi connectivity index (χ3n) is 10.6. The van der Waals surface area contributed by atoms with E-state index in [9.17, 15) is 19.5 Å². The van der Waals surface area contributed by atoms with Gasteiger partial charge in [-0.25, -0.2) is 0 Å². The van der Waals surface area contributed by atoms with Crippen LogP contribution in [0.3, 0.4) is 0 Å². The summed E-state index contributed by atoms with van der Waals surface area (Å²) in [6, 6.07) is 0. The van der Waals surface area contributed by atoms with E-state index in [0.717, 1.165) is 6.42 Å². The van der Waals surface area contributed by atoms with Gasteiger partial charge in [0, 0.05) is 5.92 Å². The largest absolute Gasteiger partial charge is 0.468 e. The summed E-state index contributed by atoms with van der Waals surface area (Å²) in [5.74, 6) is -2.53. The summed E-state index contributed by atoms with van der Waals surface area (Å²) in [6.07, 6.45) is 3.18. The Kier molecular flexibility index (Phi) is 5.00. The van der Waals surface area contributed by atoms with Gasteiger partial charge in [0.2, 0.25) is 0 Å². The van der Waals surface area contributed by atoms with Gasteiger partial charge >= 0.3 is 11.9 Å². The number of ketones is 1. The lowest BCUT2D eigenvalue weighted by atomic mass is 9.59. The number of ether oxygens (including phenoxy) is 4. The fraction of sp³-hybridized carbons (Fsp3) is 0.759. The van der Waals surface area contributed by atoms with Gasteiger partial charge in [-0.2, -0.15) is 0 Å². The van der Waals surface area contributed by atoms with Crippen LogP contribution >= 0.6 is 0 Å². The molecule has 1 spiro atoms. The van der Waals surface area contributed by atoms with Gasteiger partial charge in [-0.05, 0) is 74.3 Å². The lowest BCUT2D eigenvalue weighted by Gasteiger charge is -2.52. The molecular formula is C29H38O8. The minimum atomic E-state index is -1.89. The average molecular weight is 515 g/mol. The number of allylic oxidation sites excluding steroid dienone is 1. The van der Waals surface area contributed by atoms with E-state index in [1.807, 2.05) is 19.1 Å². The predicted octanol–water partition coefficient (Wildman–Crippen LogP) is 3.12. The van der Waals surface area contributed by atoms with E-state index < -0.39 is 52.3 Å².